The number of benzene rings is 1. The zero-order valence-electron chi connectivity index (χ0n) is 11.6. The zero-order valence-corrected chi connectivity index (χ0v) is 13.2. The largest absolute Gasteiger partial charge is 0.324 e. The third-order valence-electron chi connectivity index (χ3n) is 3.62. The van der Waals surface area contributed by atoms with Gasteiger partial charge in [0, 0.05) is 12.6 Å². The fourth-order valence-corrected chi connectivity index (χ4v) is 6.44. The van der Waals surface area contributed by atoms with Crippen molar-refractivity contribution in [3.63, 3.8) is 0 Å². The van der Waals surface area contributed by atoms with Gasteiger partial charge in [-0.2, -0.15) is 0 Å². The van der Waals surface area contributed by atoms with Crippen molar-refractivity contribution in [2.24, 2.45) is 5.73 Å². The van der Waals surface area contributed by atoms with Crippen LogP contribution in [0.2, 0.25) is 0 Å². The minimum Gasteiger partial charge on any atom is -0.324 e. The Morgan fingerprint density at radius 2 is 1.95 bits per heavy atom. The van der Waals surface area contributed by atoms with Crippen LogP contribution in [0.5, 0.6) is 0 Å². The van der Waals surface area contributed by atoms with Gasteiger partial charge < -0.3 is 5.73 Å². The average Bonchev–Trinajstić information content (AvgIpc) is 2.80. The predicted octanol–water partition coefficient (Wildman–Crippen LogP) is 0.183. The van der Waals surface area contributed by atoms with E-state index >= 15 is 0 Å². The normalized spacial score (nSPS) is 23.0. The molecule has 0 aliphatic carbocycles. The highest BCUT2D eigenvalue weighted by atomic mass is 32.2. The number of rotatable bonds is 6. The third-order valence-corrected chi connectivity index (χ3v) is 7.48. The molecule has 6 nitrogen and oxygen atoms in total. The van der Waals surface area contributed by atoms with Crippen LogP contribution in [0.3, 0.4) is 0 Å². The minimum atomic E-state index is -3.59. The van der Waals surface area contributed by atoms with E-state index in [9.17, 15) is 16.8 Å². The second-order valence-corrected chi connectivity index (χ2v) is 9.54. The molecule has 0 spiro atoms. The molecule has 118 valence electrons. The van der Waals surface area contributed by atoms with Crippen molar-refractivity contribution >= 4 is 19.9 Å². The molecule has 1 fully saturated rings. The maximum Gasteiger partial charge on any atom is 0.215 e. The summed E-state index contributed by atoms with van der Waals surface area (Å²) in [6, 6.07) is 9.18. The Labute approximate surface area is 125 Å². The van der Waals surface area contributed by atoms with Crippen molar-refractivity contribution in [2.45, 2.75) is 24.1 Å². The lowest BCUT2D eigenvalue weighted by Crippen LogP contribution is -2.36. The van der Waals surface area contributed by atoms with Crippen LogP contribution < -0.4 is 10.5 Å². The Hall–Kier alpha value is -0.960. The first kappa shape index (κ1) is 16.4. The summed E-state index contributed by atoms with van der Waals surface area (Å²) in [5.74, 6) is -0.338. The zero-order chi connectivity index (χ0) is 15.5. The maximum atomic E-state index is 12.0. The number of nitrogens with one attached hydrogen (secondary N) is 1. The third kappa shape index (κ3) is 4.50. The summed E-state index contributed by atoms with van der Waals surface area (Å²) in [6.45, 7) is 0.203. The molecule has 1 aromatic carbocycles. The van der Waals surface area contributed by atoms with Gasteiger partial charge in [0.2, 0.25) is 10.0 Å². The van der Waals surface area contributed by atoms with Crippen LogP contribution >= 0.6 is 0 Å². The number of sulfone groups is 1. The Kier molecular flexibility index (Phi) is 5.03. The monoisotopic (exact) mass is 332 g/mol. The Balaban J connectivity index is 1.86. The quantitative estimate of drug-likeness (QED) is 0.773. The van der Waals surface area contributed by atoms with Gasteiger partial charge in [0.15, 0.2) is 9.84 Å². The van der Waals surface area contributed by atoms with Gasteiger partial charge in [-0.05, 0) is 18.4 Å². The smallest absolute Gasteiger partial charge is 0.215 e. The Bertz CT molecular complexity index is 671. The van der Waals surface area contributed by atoms with E-state index in [1.54, 1.807) is 0 Å². The van der Waals surface area contributed by atoms with E-state index in [1.165, 1.54) is 0 Å². The van der Waals surface area contributed by atoms with Crippen LogP contribution in [0.1, 0.15) is 24.4 Å². The van der Waals surface area contributed by atoms with Gasteiger partial charge in [0.25, 0.3) is 0 Å². The van der Waals surface area contributed by atoms with Gasteiger partial charge in [-0.25, -0.2) is 21.6 Å². The molecule has 2 atom stereocenters. The highest BCUT2D eigenvalue weighted by Crippen LogP contribution is 2.18. The fourth-order valence-electron chi connectivity index (χ4n) is 2.35. The SMILES string of the molecule is NC(CCNS(=O)(=O)C1CCS(=O)(=O)C1)c1ccccc1. The van der Waals surface area contributed by atoms with Crippen LogP contribution in [-0.4, -0.2) is 40.1 Å². The van der Waals surface area contributed by atoms with Gasteiger partial charge in [-0.3, -0.25) is 0 Å². The first-order valence-electron chi connectivity index (χ1n) is 6.79. The summed E-state index contributed by atoms with van der Waals surface area (Å²) >= 11 is 0. The fraction of sp³-hybridized carbons (Fsp3) is 0.538. The molecule has 1 aromatic rings. The van der Waals surface area contributed by atoms with E-state index in [0.717, 1.165) is 5.56 Å². The molecule has 1 aliphatic rings. The van der Waals surface area contributed by atoms with Crippen molar-refractivity contribution in [3.05, 3.63) is 35.9 Å². The summed E-state index contributed by atoms with van der Waals surface area (Å²) in [5.41, 5.74) is 6.93. The summed E-state index contributed by atoms with van der Waals surface area (Å²) in [4.78, 5) is 0. The van der Waals surface area contributed by atoms with Crippen molar-refractivity contribution < 1.29 is 16.8 Å². The second-order valence-electron chi connectivity index (χ2n) is 5.27. The lowest BCUT2D eigenvalue weighted by Gasteiger charge is -2.14. The molecular weight excluding hydrogens is 312 g/mol. The molecule has 0 saturated carbocycles. The highest BCUT2D eigenvalue weighted by Gasteiger charge is 2.36. The molecule has 1 heterocycles. The van der Waals surface area contributed by atoms with Crippen LogP contribution in [0.15, 0.2) is 30.3 Å². The van der Waals surface area contributed by atoms with E-state index in [2.05, 4.69) is 4.72 Å². The van der Waals surface area contributed by atoms with Crippen LogP contribution in [0.4, 0.5) is 0 Å². The number of hydrogen-bond acceptors (Lipinski definition) is 5. The second kappa shape index (κ2) is 6.43. The van der Waals surface area contributed by atoms with Crippen molar-refractivity contribution in [3.8, 4) is 0 Å². The minimum absolute atomic E-state index is 0.0535. The van der Waals surface area contributed by atoms with Crippen LogP contribution in [0, 0.1) is 0 Å². The summed E-state index contributed by atoms with van der Waals surface area (Å²) < 4.78 is 49.2. The molecule has 21 heavy (non-hydrogen) atoms. The maximum absolute atomic E-state index is 12.0. The van der Waals surface area contributed by atoms with Crippen LogP contribution in [-0.2, 0) is 19.9 Å². The van der Waals surface area contributed by atoms with Crippen molar-refractivity contribution in [2.75, 3.05) is 18.1 Å². The number of nitrogens with two attached hydrogens (primary N) is 1. The molecule has 0 amide bonds. The Morgan fingerprint density at radius 3 is 2.52 bits per heavy atom. The van der Waals surface area contributed by atoms with Crippen molar-refractivity contribution in [1.82, 2.24) is 4.72 Å². The first-order chi connectivity index (χ1) is 9.80. The van der Waals surface area contributed by atoms with Gasteiger partial charge in [0.05, 0.1) is 16.8 Å². The Morgan fingerprint density at radius 1 is 1.29 bits per heavy atom. The molecule has 0 bridgehead atoms. The van der Waals surface area contributed by atoms with Gasteiger partial charge >= 0.3 is 0 Å². The summed E-state index contributed by atoms with van der Waals surface area (Å²) in [7, 11) is -6.80. The lowest BCUT2D eigenvalue weighted by atomic mass is 10.1. The molecule has 3 N–H and O–H groups in total. The molecular formula is C13H20N2O4S2. The average molecular weight is 332 g/mol. The number of hydrogen-bond donors (Lipinski definition) is 2. The van der Waals surface area contributed by atoms with E-state index < -0.39 is 25.1 Å². The van der Waals surface area contributed by atoms with Gasteiger partial charge in [-0.1, -0.05) is 30.3 Å². The molecule has 8 heteroatoms. The predicted molar refractivity (Wildman–Crippen MR) is 82.0 cm³/mol. The highest BCUT2D eigenvalue weighted by molar-refractivity contribution is 7.95. The molecule has 2 rings (SSSR count). The van der Waals surface area contributed by atoms with E-state index in [-0.39, 0.29) is 30.5 Å². The summed E-state index contributed by atoms with van der Waals surface area (Å²) in [6.07, 6.45) is 0.630. The van der Waals surface area contributed by atoms with Crippen molar-refractivity contribution in [1.29, 1.82) is 0 Å². The van der Waals surface area contributed by atoms with Gasteiger partial charge in [0.1, 0.15) is 0 Å². The number of sulfonamides is 1. The lowest BCUT2D eigenvalue weighted by molar-refractivity contribution is 0.558. The molecule has 1 saturated heterocycles. The molecule has 1 aliphatic heterocycles. The van der Waals surface area contributed by atoms with Crippen LogP contribution in [0.25, 0.3) is 0 Å². The van der Waals surface area contributed by atoms with Gasteiger partial charge in [-0.15, -0.1) is 0 Å². The topological polar surface area (TPSA) is 106 Å². The summed E-state index contributed by atoms with van der Waals surface area (Å²) in [5, 5.41) is -0.838. The molecule has 0 radical (unpaired) electrons. The first-order valence-corrected chi connectivity index (χ1v) is 10.2. The molecule has 2 unspecified atom stereocenters. The van der Waals surface area contributed by atoms with E-state index in [4.69, 9.17) is 5.73 Å². The standard InChI is InChI=1S/C13H20N2O4S2/c14-13(11-4-2-1-3-5-11)6-8-15-21(18,19)12-7-9-20(16,17)10-12/h1-5,12-13,15H,6-10,14H2. The molecule has 0 aromatic heterocycles. The van der Waals surface area contributed by atoms with E-state index in [1.807, 2.05) is 30.3 Å². The van der Waals surface area contributed by atoms with E-state index in [0.29, 0.717) is 6.42 Å².